The minimum absolute atomic E-state index is 0.392. The van der Waals surface area contributed by atoms with E-state index in [9.17, 15) is 23.1 Å². The molecule has 1 amide bonds. The zero-order valence-corrected chi connectivity index (χ0v) is 11.8. The summed E-state index contributed by atoms with van der Waals surface area (Å²) < 4.78 is 29.8. The third kappa shape index (κ3) is 4.32. The molecule has 0 bridgehead atoms. The fraction of sp³-hybridized carbons (Fsp3) is 0.333. The number of hydrogen-bond donors (Lipinski definition) is 3. The van der Waals surface area contributed by atoms with Crippen molar-refractivity contribution in [2.24, 2.45) is 0 Å². The largest absolute Gasteiger partial charge is 0.479 e. The van der Waals surface area contributed by atoms with E-state index in [1.807, 2.05) is 0 Å². The second-order valence-electron chi connectivity index (χ2n) is 4.37. The number of benzene rings is 1. The lowest BCUT2D eigenvalue weighted by Gasteiger charge is -2.19. The molecule has 0 spiro atoms. The lowest BCUT2D eigenvalue weighted by Crippen LogP contribution is -2.38. The molecular weight excluding hydrogens is 286 g/mol. The first-order valence-corrected chi connectivity index (χ1v) is 7.26. The molecule has 0 aromatic heterocycles. The van der Waals surface area contributed by atoms with Crippen molar-refractivity contribution in [3.8, 4) is 0 Å². The van der Waals surface area contributed by atoms with Gasteiger partial charge in [-0.25, -0.2) is 4.79 Å². The second kappa shape index (κ2) is 6.02. The lowest BCUT2D eigenvalue weighted by atomic mass is 9.96. The van der Waals surface area contributed by atoms with Gasteiger partial charge in [0.05, 0.1) is 0 Å². The van der Waals surface area contributed by atoms with Crippen molar-refractivity contribution in [3.05, 3.63) is 34.9 Å². The molecule has 1 aromatic rings. The fourth-order valence-corrected chi connectivity index (χ4v) is 2.32. The van der Waals surface area contributed by atoms with E-state index >= 15 is 0 Å². The Morgan fingerprint density at radius 1 is 1.25 bits per heavy atom. The van der Waals surface area contributed by atoms with Crippen LogP contribution in [0.4, 0.5) is 0 Å². The highest BCUT2D eigenvalue weighted by atomic mass is 32.2. The number of aryl methyl sites for hydroxylation is 2. The molecule has 3 N–H and O–H groups in total. The SMILES string of the molecule is Cc1cccc(C)c1C(NC(=O)CS(=O)(=O)O)C(=O)O. The maximum atomic E-state index is 11.5. The van der Waals surface area contributed by atoms with E-state index < -0.39 is 33.8 Å². The zero-order chi connectivity index (χ0) is 15.5. The monoisotopic (exact) mass is 301 g/mol. The molecule has 0 radical (unpaired) electrons. The lowest BCUT2D eigenvalue weighted by molar-refractivity contribution is -0.141. The number of carbonyl (C=O) groups excluding carboxylic acids is 1. The first-order chi connectivity index (χ1) is 9.11. The van der Waals surface area contributed by atoms with Crippen molar-refractivity contribution in [1.82, 2.24) is 5.32 Å². The van der Waals surface area contributed by atoms with Gasteiger partial charge in [-0.1, -0.05) is 18.2 Å². The van der Waals surface area contributed by atoms with Gasteiger partial charge >= 0.3 is 5.97 Å². The topological polar surface area (TPSA) is 121 Å². The highest BCUT2D eigenvalue weighted by molar-refractivity contribution is 7.86. The van der Waals surface area contributed by atoms with Crippen LogP contribution >= 0.6 is 0 Å². The third-order valence-corrected chi connectivity index (χ3v) is 3.32. The molecule has 1 rings (SSSR count). The van der Waals surface area contributed by atoms with E-state index in [4.69, 9.17) is 4.55 Å². The summed E-state index contributed by atoms with van der Waals surface area (Å²) in [5, 5.41) is 11.3. The van der Waals surface area contributed by atoms with Gasteiger partial charge in [-0.05, 0) is 30.5 Å². The van der Waals surface area contributed by atoms with Crippen LogP contribution in [-0.2, 0) is 19.7 Å². The summed E-state index contributed by atoms with van der Waals surface area (Å²) >= 11 is 0. The van der Waals surface area contributed by atoms with Gasteiger partial charge in [0.25, 0.3) is 10.1 Å². The van der Waals surface area contributed by atoms with Crippen molar-refractivity contribution in [1.29, 1.82) is 0 Å². The van der Waals surface area contributed by atoms with Crippen molar-refractivity contribution in [2.75, 3.05) is 5.75 Å². The van der Waals surface area contributed by atoms with Gasteiger partial charge in [0, 0.05) is 0 Å². The van der Waals surface area contributed by atoms with Crippen molar-refractivity contribution in [3.63, 3.8) is 0 Å². The van der Waals surface area contributed by atoms with Gasteiger partial charge in [0.15, 0.2) is 11.8 Å². The van der Waals surface area contributed by atoms with Gasteiger partial charge < -0.3 is 10.4 Å². The first kappa shape index (κ1) is 16.1. The molecule has 1 aromatic carbocycles. The average Bonchev–Trinajstić information content (AvgIpc) is 2.24. The van der Waals surface area contributed by atoms with Crippen LogP contribution in [0.15, 0.2) is 18.2 Å². The Morgan fingerprint density at radius 2 is 1.75 bits per heavy atom. The summed E-state index contributed by atoms with van der Waals surface area (Å²) in [6, 6.07) is 3.75. The molecule has 0 fully saturated rings. The fourth-order valence-electron chi connectivity index (χ4n) is 1.91. The van der Waals surface area contributed by atoms with Gasteiger partial charge in [0.1, 0.15) is 0 Å². The predicted molar refractivity (Wildman–Crippen MR) is 70.9 cm³/mol. The summed E-state index contributed by atoms with van der Waals surface area (Å²) in [6.07, 6.45) is 0. The predicted octanol–water partition coefficient (Wildman–Crippen LogP) is 0.433. The van der Waals surface area contributed by atoms with Crippen LogP contribution in [-0.4, -0.2) is 35.7 Å². The maximum absolute atomic E-state index is 11.5. The van der Waals surface area contributed by atoms with Crippen LogP contribution in [0.1, 0.15) is 22.7 Å². The molecule has 0 aliphatic heterocycles. The van der Waals surface area contributed by atoms with E-state index in [2.05, 4.69) is 5.32 Å². The molecule has 0 saturated heterocycles. The Balaban J connectivity index is 3.08. The molecule has 0 heterocycles. The molecule has 20 heavy (non-hydrogen) atoms. The minimum Gasteiger partial charge on any atom is -0.479 e. The summed E-state index contributed by atoms with van der Waals surface area (Å²) in [7, 11) is -4.50. The Hall–Kier alpha value is -1.93. The number of carboxylic acid groups (broad SMARTS) is 1. The molecule has 0 saturated carbocycles. The van der Waals surface area contributed by atoms with E-state index in [0.717, 1.165) is 0 Å². The minimum atomic E-state index is -4.50. The molecule has 8 heteroatoms. The summed E-state index contributed by atoms with van der Waals surface area (Å²) in [5.74, 6) is -3.57. The van der Waals surface area contributed by atoms with Gasteiger partial charge in [-0.15, -0.1) is 0 Å². The Bertz CT molecular complexity index is 617. The van der Waals surface area contributed by atoms with Crippen LogP contribution in [0.3, 0.4) is 0 Å². The number of nitrogens with one attached hydrogen (secondary N) is 1. The van der Waals surface area contributed by atoms with Crippen molar-refractivity contribution < 1.29 is 27.7 Å². The molecule has 110 valence electrons. The number of rotatable bonds is 5. The molecule has 1 atom stereocenters. The van der Waals surface area contributed by atoms with Crippen LogP contribution in [0, 0.1) is 13.8 Å². The highest BCUT2D eigenvalue weighted by Gasteiger charge is 2.26. The Morgan fingerprint density at radius 3 is 2.15 bits per heavy atom. The molecular formula is C12H15NO6S. The van der Waals surface area contributed by atoms with Crippen LogP contribution in [0.25, 0.3) is 0 Å². The molecule has 0 aliphatic carbocycles. The highest BCUT2D eigenvalue weighted by Crippen LogP contribution is 2.22. The van der Waals surface area contributed by atoms with Gasteiger partial charge in [-0.3, -0.25) is 9.35 Å². The Kier molecular flexibility index (Phi) is 4.85. The van der Waals surface area contributed by atoms with E-state index in [0.29, 0.717) is 16.7 Å². The number of carboxylic acids is 1. The molecule has 7 nitrogen and oxygen atoms in total. The Labute approximate surface area is 116 Å². The summed E-state index contributed by atoms with van der Waals surface area (Å²) in [5.41, 5.74) is 1.71. The molecule has 1 unspecified atom stereocenters. The maximum Gasteiger partial charge on any atom is 0.330 e. The number of amides is 1. The van der Waals surface area contributed by atoms with Crippen LogP contribution in [0.2, 0.25) is 0 Å². The van der Waals surface area contributed by atoms with Crippen LogP contribution < -0.4 is 5.32 Å². The third-order valence-electron chi connectivity index (χ3n) is 2.70. The van der Waals surface area contributed by atoms with Gasteiger partial charge in [-0.2, -0.15) is 8.42 Å². The standard InChI is InChI=1S/C12H15NO6S/c1-7-4-3-5-8(2)10(7)11(12(15)16)13-9(14)6-20(17,18)19/h3-5,11H,6H2,1-2H3,(H,13,14)(H,15,16)(H,17,18,19). The quantitative estimate of drug-likeness (QED) is 0.678. The average molecular weight is 301 g/mol. The number of hydrogen-bond acceptors (Lipinski definition) is 4. The van der Waals surface area contributed by atoms with Crippen LogP contribution in [0.5, 0.6) is 0 Å². The van der Waals surface area contributed by atoms with E-state index in [1.54, 1.807) is 32.0 Å². The first-order valence-electron chi connectivity index (χ1n) is 5.65. The number of aliphatic carboxylic acids is 1. The molecule has 0 aliphatic rings. The normalized spacial score (nSPS) is 12.8. The van der Waals surface area contributed by atoms with E-state index in [-0.39, 0.29) is 0 Å². The second-order valence-corrected chi connectivity index (χ2v) is 5.82. The summed E-state index contributed by atoms with van der Waals surface area (Å²) in [6.45, 7) is 3.38. The smallest absolute Gasteiger partial charge is 0.330 e. The number of carbonyl (C=O) groups is 2. The summed E-state index contributed by atoms with van der Waals surface area (Å²) in [4.78, 5) is 22.7. The zero-order valence-electron chi connectivity index (χ0n) is 11.0. The van der Waals surface area contributed by atoms with E-state index in [1.165, 1.54) is 0 Å². The van der Waals surface area contributed by atoms with Crippen molar-refractivity contribution in [2.45, 2.75) is 19.9 Å². The van der Waals surface area contributed by atoms with Gasteiger partial charge in [0.2, 0.25) is 5.91 Å². The van der Waals surface area contributed by atoms with Crippen molar-refractivity contribution >= 4 is 22.0 Å².